The summed E-state index contributed by atoms with van der Waals surface area (Å²) < 4.78 is 0. The van der Waals surface area contributed by atoms with Crippen molar-refractivity contribution in [2.45, 2.75) is 0 Å². The van der Waals surface area contributed by atoms with Crippen molar-refractivity contribution < 1.29 is 0 Å². The maximum absolute atomic E-state index is 3.10. The van der Waals surface area contributed by atoms with Gasteiger partial charge in [0.1, 0.15) is 0 Å². The van der Waals surface area contributed by atoms with Gasteiger partial charge in [-0.3, -0.25) is 0 Å². The molecule has 1 aliphatic rings. The molecule has 1 aliphatic carbocycles. The summed E-state index contributed by atoms with van der Waals surface area (Å²) in [5.41, 5.74) is 6.50. The Morgan fingerprint density at radius 3 is 1.90 bits per heavy atom. The first-order valence-corrected chi connectivity index (χ1v) is 6.65. The van der Waals surface area contributed by atoms with Crippen molar-refractivity contribution in [2.75, 3.05) is 4.90 Å². The van der Waals surface area contributed by atoms with E-state index in [0.29, 0.717) is 0 Å². The summed E-state index contributed by atoms with van der Waals surface area (Å²) >= 11 is 0. The Morgan fingerprint density at radius 1 is 0.700 bits per heavy atom. The van der Waals surface area contributed by atoms with Crippen LogP contribution in [0.5, 0.6) is 0 Å². The van der Waals surface area contributed by atoms with E-state index in [9.17, 15) is 0 Å². The Bertz CT molecular complexity index is 648. The SMILES string of the molecule is C1=CC=CC(N(c2ccccc2)c2ccccc2)=CC=1. The molecular weight excluding hydrogens is 242 g/mol. The van der Waals surface area contributed by atoms with Crippen LogP contribution >= 0.6 is 0 Å². The smallest absolute Gasteiger partial charge is 0.0467 e. The average Bonchev–Trinajstić information content (AvgIpc) is 2.79. The maximum Gasteiger partial charge on any atom is 0.0467 e. The van der Waals surface area contributed by atoms with Crippen molar-refractivity contribution >= 4 is 11.4 Å². The van der Waals surface area contributed by atoms with Gasteiger partial charge in [-0.05, 0) is 48.6 Å². The van der Waals surface area contributed by atoms with E-state index in [2.05, 4.69) is 71.3 Å². The molecule has 20 heavy (non-hydrogen) atoms. The number of para-hydroxylation sites is 2. The summed E-state index contributed by atoms with van der Waals surface area (Å²) in [4.78, 5) is 2.23. The van der Waals surface area contributed by atoms with E-state index in [1.54, 1.807) is 0 Å². The van der Waals surface area contributed by atoms with Crippen molar-refractivity contribution in [3.8, 4) is 0 Å². The normalized spacial score (nSPS) is 12.9. The molecule has 3 rings (SSSR count). The molecule has 0 unspecified atom stereocenters. The zero-order valence-corrected chi connectivity index (χ0v) is 11.1. The zero-order valence-electron chi connectivity index (χ0n) is 11.1. The lowest BCUT2D eigenvalue weighted by atomic mass is 10.2. The Kier molecular flexibility index (Phi) is 3.64. The minimum atomic E-state index is 1.11. The summed E-state index contributed by atoms with van der Waals surface area (Å²) in [6, 6.07) is 20.7. The van der Waals surface area contributed by atoms with Gasteiger partial charge in [-0.2, -0.15) is 0 Å². The predicted molar refractivity (Wildman–Crippen MR) is 84.9 cm³/mol. The summed E-state index contributed by atoms with van der Waals surface area (Å²) in [5.74, 6) is 0. The van der Waals surface area contributed by atoms with Gasteiger partial charge in [0.2, 0.25) is 0 Å². The lowest BCUT2D eigenvalue weighted by Gasteiger charge is -2.26. The Morgan fingerprint density at radius 2 is 1.30 bits per heavy atom. The second-order valence-corrected chi connectivity index (χ2v) is 4.46. The molecule has 0 aromatic heterocycles. The van der Waals surface area contributed by atoms with Crippen LogP contribution in [0.4, 0.5) is 11.4 Å². The number of anilines is 2. The van der Waals surface area contributed by atoms with Gasteiger partial charge in [0, 0.05) is 17.1 Å². The standard InChI is InChI=1S/C19H15N/c1-2-6-12-17(11-5-1)20(18-13-7-3-8-14-18)19-15-9-4-10-16-19/h1,3-16H. The molecule has 0 fully saturated rings. The number of allylic oxidation sites excluding steroid dienone is 4. The van der Waals surface area contributed by atoms with Crippen molar-refractivity contribution in [1.29, 1.82) is 0 Å². The molecule has 96 valence electrons. The van der Waals surface area contributed by atoms with Crippen molar-refractivity contribution in [3.63, 3.8) is 0 Å². The van der Waals surface area contributed by atoms with Crippen LogP contribution in [0.2, 0.25) is 0 Å². The number of benzene rings is 2. The molecule has 1 nitrogen and oxygen atoms in total. The molecule has 2 aromatic carbocycles. The third-order valence-corrected chi connectivity index (χ3v) is 3.10. The van der Waals surface area contributed by atoms with Gasteiger partial charge in [-0.25, -0.2) is 0 Å². The molecule has 2 aromatic rings. The molecule has 0 bridgehead atoms. The van der Waals surface area contributed by atoms with Crippen LogP contribution < -0.4 is 4.90 Å². The summed E-state index contributed by atoms with van der Waals surface area (Å²) in [6.45, 7) is 0. The van der Waals surface area contributed by atoms with E-state index in [4.69, 9.17) is 0 Å². The quantitative estimate of drug-likeness (QED) is 0.700. The van der Waals surface area contributed by atoms with Gasteiger partial charge in [0.05, 0.1) is 0 Å². The number of nitrogens with zero attached hydrogens (tertiary/aromatic N) is 1. The monoisotopic (exact) mass is 257 g/mol. The molecule has 0 spiro atoms. The molecule has 0 amide bonds. The van der Waals surface area contributed by atoms with E-state index in [0.717, 1.165) is 17.1 Å². The zero-order chi connectivity index (χ0) is 13.6. The number of rotatable bonds is 3. The molecule has 0 heterocycles. The van der Waals surface area contributed by atoms with Crippen LogP contribution in [0.15, 0.2) is 102 Å². The Labute approximate surface area is 119 Å². The predicted octanol–water partition coefficient (Wildman–Crippen LogP) is 4.99. The van der Waals surface area contributed by atoms with E-state index >= 15 is 0 Å². The molecule has 0 saturated carbocycles. The van der Waals surface area contributed by atoms with Gasteiger partial charge < -0.3 is 4.90 Å². The largest absolute Gasteiger partial charge is 0.310 e. The summed E-state index contributed by atoms with van der Waals surface area (Å²) in [5, 5.41) is 0. The molecule has 0 saturated heterocycles. The highest BCUT2D eigenvalue weighted by Crippen LogP contribution is 2.30. The van der Waals surface area contributed by atoms with Gasteiger partial charge in [-0.1, -0.05) is 42.5 Å². The minimum absolute atomic E-state index is 1.11. The Hall–Kier alpha value is -2.76. The molecular formula is C19H15N. The highest BCUT2D eigenvalue weighted by atomic mass is 15.1. The lowest BCUT2D eigenvalue weighted by molar-refractivity contribution is 1.21. The fourth-order valence-electron chi connectivity index (χ4n) is 2.20. The first-order valence-electron chi connectivity index (χ1n) is 6.65. The van der Waals surface area contributed by atoms with Crippen LogP contribution in [0, 0.1) is 0 Å². The highest BCUT2D eigenvalue weighted by molar-refractivity contribution is 5.70. The van der Waals surface area contributed by atoms with E-state index < -0.39 is 0 Å². The van der Waals surface area contributed by atoms with Crippen LogP contribution in [0.1, 0.15) is 0 Å². The number of hydrogen-bond donors (Lipinski definition) is 0. The molecule has 0 aliphatic heterocycles. The minimum Gasteiger partial charge on any atom is -0.310 e. The summed E-state index contributed by atoms with van der Waals surface area (Å²) in [6.07, 6.45) is 10.0. The second kappa shape index (κ2) is 5.92. The maximum atomic E-state index is 3.10. The van der Waals surface area contributed by atoms with Crippen molar-refractivity contribution in [1.82, 2.24) is 0 Å². The van der Waals surface area contributed by atoms with Gasteiger partial charge in [0.25, 0.3) is 0 Å². The van der Waals surface area contributed by atoms with E-state index in [1.165, 1.54) is 0 Å². The fourth-order valence-corrected chi connectivity index (χ4v) is 2.20. The first kappa shape index (κ1) is 12.3. The van der Waals surface area contributed by atoms with Gasteiger partial charge >= 0.3 is 0 Å². The molecule has 0 radical (unpaired) electrons. The van der Waals surface area contributed by atoms with Crippen LogP contribution in [0.3, 0.4) is 0 Å². The first-order chi connectivity index (χ1) is 9.95. The van der Waals surface area contributed by atoms with E-state index in [-0.39, 0.29) is 0 Å². The third kappa shape index (κ3) is 2.64. The van der Waals surface area contributed by atoms with Gasteiger partial charge in [0.15, 0.2) is 0 Å². The topological polar surface area (TPSA) is 3.24 Å². The van der Waals surface area contributed by atoms with Gasteiger partial charge in [-0.15, -0.1) is 5.73 Å². The fraction of sp³-hybridized carbons (Fsp3) is 0. The average molecular weight is 257 g/mol. The third-order valence-electron chi connectivity index (χ3n) is 3.10. The van der Waals surface area contributed by atoms with Crippen LogP contribution in [-0.4, -0.2) is 0 Å². The van der Waals surface area contributed by atoms with Crippen molar-refractivity contribution in [3.05, 3.63) is 102 Å². The highest BCUT2D eigenvalue weighted by Gasteiger charge is 2.11. The van der Waals surface area contributed by atoms with E-state index in [1.807, 2.05) is 30.4 Å². The Balaban J connectivity index is 2.10. The molecule has 1 heteroatoms. The van der Waals surface area contributed by atoms with Crippen LogP contribution in [-0.2, 0) is 0 Å². The molecule has 0 N–H and O–H groups in total. The summed E-state index contributed by atoms with van der Waals surface area (Å²) in [7, 11) is 0. The van der Waals surface area contributed by atoms with Crippen molar-refractivity contribution in [2.24, 2.45) is 0 Å². The number of hydrogen-bond acceptors (Lipinski definition) is 1. The second-order valence-electron chi connectivity index (χ2n) is 4.46. The molecule has 0 atom stereocenters. The van der Waals surface area contributed by atoms with Crippen LogP contribution in [0.25, 0.3) is 0 Å². The lowest BCUT2D eigenvalue weighted by Crippen LogP contribution is -2.14.